The third-order valence-electron chi connectivity index (χ3n) is 3.52. The predicted molar refractivity (Wildman–Crippen MR) is 92.2 cm³/mol. The molecule has 25 heavy (non-hydrogen) atoms. The van der Waals surface area contributed by atoms with Crippen molar-refractivity contribution in [1.82, 2.24) is 15.0 Å². The van der Waals surface area contributed by atoms with Crippen molar-refractivity contribution in [2.24, 2.45) is 0 Å². The maximum atomic E-state index is 12.1. The topological polar surface area (TPSA) is 96.5 Å². The smallest absolute Gasteiger partial charge is 0.323 e. The second kappa shape index (κ2) is 9.17. The van der Waals surface area contributed by atoms with E-state index in [4.69, 9.17) is 21.2 Å². The summed E-state index contributed by atoms with van der Waals surface area (Å²) in [6, 6.07) is 7.09. The molecule has 0 bridgehead atoms. The van der Waals surface area contributed by atoms with Gasteiger partial charge in [0.05, 0.1) is 0 Å². The van der Waals surface area contributed by atoms with Gasteiger partial charge in [-0.1, -0.05) is 23.7 Å². The van der Waals surface area contributed by atoms with Crippen LogP contribution in [0, 0.1) is 0 Å². The van der Waals surface area contributed by atoms with Crippen molar-refractivity contribution in [2.45, 2.75) is 32.6 Å². The van der Waals surface area contributed by atoms with E-state index in [9.17, 15) is 9.59 Å². The van der Waals surface area contributed by atoms with Crippen LogP contribution in [0.15, 0.2) is 28.8 Å². The molecule has 1 amide bonds. The van der Waals surface area contributed by atoms with E-state index >= 15 is 0 Å². The van der Waals surface area contributed by atoms with E-state index in [1.54, 1.807) is 24.3 Å². The summed E-state index contributed by atoms with van der Waals surface area (Å²) < 4.78 is 5.19. The number of aryl methyl sites for hydroxylation is 1. The van der Waals surface area contributed by atoms with Crippen molar-refractivity contribution in [1.29, 1.82) is 0 Å². The number of halogens is 1. The number of carbonyl (C=O) groups is 2. The number of aromatic nitrogens is 2. The van der Waals surface area contributed by atoms with Crippen molar-refractivity contribution in [3.8, 4) is 11.4 Å². The van der Waals surface area contributed by atoms with Gasteiger partial charge in [0.15, 0.2) is 0 Å². The van der Waals surface area contributed by atoms with E-state index in [0.29, 0.717) is 42.5 Å². The number of nitrogens with zero attached hydrogens (tertiary/aromatic N) is 3. The second-order valence-corrected chi connectivity index (χ2v) is 6.02. The summed E-state index contributed by atoms with van der Waals surface area (Å²) in [7, 11) is 0. The van der Waals surface area contributed by atoms with Crippen molar-refractivity contribution in [2.75, 3.05) is 13.1 Å². The Hall–Kier alpha value is -2.41. The molecule has 1 heterocycles. The van der Waals surface area contributed by atoms with E-state index in [-0.39, 0.29) is 18.9 Å². The van der Waals surface area contributed by atoms with Gasteiger partial charge in [0.25, 0.3) is 0 Å². The Morgan fingerprint density at radius 2 is 2.00 bits per heavy atom. The van der Waals surface area contributed by atoms with Gasteiger partial charge in [-0.3, -0.25) is 9.59 Å². The molecule has 0 unspecified atom stereocenters. The number of amides is 1. The lowest BCUT2D eigenvalue weighted by molar-refractivity contribution is -0.144. The van der Waals surface area contributed by atoms with Gasteiger partial charge in [0.1, 0.15) is 6.54 Å². The first-order valence-corrected chi connectivity index (χ1v) is 8.45. The molecule has 8 heteroatoms. The first-order valence-electron chi connectivity index (χ1n) is 8.07. The van der Waals surface area contributed by atoms with E-state index in [1.807, 2.05) is 6.92 Å². The monoisotopic (exact) mass is 365 g/mol. The molecule has 1 aromatic carbocycles. The van der Waals surface area contributed by atoms with E-state index in [2.05, 4.69) is 10.1 Å². The number of carboxylic acids is 1. The molecular formula is C17H20ClN3O4. The minimum absolute atomic E-state index is 0.179. The van der Waals surface area contributed by atoms with Crippen molar-refractivity contribution in [3.05, 3.63) is 35.2 Å². The lowest BCUT2D eigenvalue weighted by atomic mass is 10.2. The summed E-state index contributed by atoms with van der Waals surface area (Å²) >= 11 is 5.85. The number of benzene rings is 1. The number of aliphatic carboxylic acids is 1. The quantitative estimate of drug-likeness (QED) is 0.733. The van der Waals surface area contributed by atoms with Crippen LogP contribution in [-0.2, 0) is 16.0 Å². The summed E-state index contributed by atoms with van der Waals surface area (Å²) in [5, 5.41) is 13.4. The van der Waals surface area contributed by atoms with Gasteiger partial charge in [-0.15, -0.1) is 0 Å². The highest BCUT2D eigenvalue weighted by atomic mass is 35.5. The van der Waals surface area contributed by atoms with Gasteiger partial charge in [0.2, 0.25) is 17.6 Å². The molecule has 0 radical (unpaired) electrons. The number of rotatable bonds is 9. The maximum absolute atomic E-state index is 12.1. The molecule has 0 saturated heterocycles. The zero-order valence-corrected chi connectivity index (χ0v) is 14.7. The maximum Gasteiger partial charge on any atom is 0.323 e. The zero-order chi connectivity index (χ0) is 18.2. The number of hydrogen-bond donors (Lipinski definition) is 1. The van der Waals surface area contributed by atoms with Crippen LogP contribution in [0.3, 0.4) is 0 Å². The molecule has 1 N–H and O–H groups in total. The number of carboxylic acid groups (broad SMARTS) is 1. The third kappa shape index (κ3) is 5.86. The SMILES string of the molecule is CCCN(CC(=O)O)C(=O)CCCc1nc(-c2ccc(Cl)cc2)no1. The Balaban J connectivity index is 1.86. The minimum Gasteiger partial charge on any atom is -0.480 e. The standard InChI is InChI=1S/C17H20ClN3O4/c1-2-10-21(11-16(23)24)15(22)5-3-4-14-19-17(20-25-14)12-6-8-13(18)9-7-12/h6-9H,2-5,10-11H2,1H3,(H,23,24). The lowest BCUT2D eigenvalue weighted by Gasteiger charge is -2.19. The molecule has 0 aliphatic carbocycles. The van der Waals surface area contributed by atoms with Crippen LogP contribution in [0.2, 0.25) is 5.02 Å². The van der Waals surface area contributed by atoms with Crippen LogP contribution in [0.1, 0.15) is 32.1 Å². The molecule has 7 nitrogen and oxygen atoms in total. The van der Waals surface area contributed by atoms with Crippen molar-refractivity contribution >= 4 is 23.5 Å². The molecule has 2 aromatic rings. The average molecular weight is 366 g/mol. The van der Waals surface area contributed by atoms with Crippen LogP contribution in [0.4, 0.5) is 0 Å². The Labute approximate surface area is 150 Å². The minimum atomic E-state index is -1.01. The lowest BCUT2D eigenvalue weighted by Crippen LogP contribution is -2.36. The molecular weight excluding hydrogens is 346 g/mol. The Kier molecular flexibility index (Phi) is 6.94. The number of hydrogen-bond acceptors (Lipinski definition) is 5. The fraction of sp³-hybridized carbons (Fsp3) is 0.412. The van der Waals surface area contributed by atoms with E-state index < -0.39 is 5.97 Å². The molecule has 2 rings (SSSR count). The highest BCUT2D eigenvalue weighted by Gasteiger charge is 2.16. The first-order chi connectivity index (χ1) is 12.0. The summed E-state index contributed by atoms with van der Waals surface area (Å²) in [6.45, 7) is 2.07. The Morgan fingerprint density at radius 1 is 1.28 bits per heavy atom. The van der Waals surface area contributed by atoms with E-state index in [0.717, 1.165) is 5.56 Å². The van der Waals surface area contributed by atoms with Crippen LogP contribution < -0.4 is 0 Å². The fourth-order valence-corrected chi connectivity index (χ4v) is 2.47. The highest BCUT2D eigenvalue weighted by molar-refractivity contribution is 6.30. The second-order valence-electron chi connectivity index (χ2n) is 5.58. The number of carbonyl (C=O) groups excluding carboxylic acids is 1. The zero-order valence-electron chi connectivity index (χ0n) is 13.9. The van der Waals surface area contributed by atoms with Gasteiger partial charge in [-0.25, -0.2) is 0 Å². The molecule has 1 aromatic heterocycles. The molecule has 0 spiro atoms. The summed E-state index contributed by atoms with van der Waals surface area (Å²) in [5.41, 5.74) is 0.797. The molecule has 0 aliphatic rings. The van der Waals surface area contributed by atoms with Gasteiger partial charge >= 0.3 is 5.97 Å². The van der Waals surface area contributed by atoms with Crippen LogP contribution in [0.25, 0.3) is 11.4 Å². The Bertz CT molecular complexity index is 715. The van der Waals surface area contributed by atoms with Crippen molar-refractivity contribution in [3.63, 3.8) is 0 Å². The van der Waals surface area contributed by atoms with Crippen LogP contribution in [0.5, 0.6) is 0 Å². The van der Waals surface area contributed by atoms with Gasteiger partial charge in [0, 0.05) is 30.0 Å². The van der Waals surface area contributed by atoms with Gasteiger partial charge < -0.3 is 14.5 Å². The van der Waals surface area contributed by atoms with Crippen molar-refractivity contribution < 1.29 is 19.2 Å². The Morgan fingerprint density at radius 3 is 2.64 bits per heavy atom. The molecule has 134 valence electrons. The molecule has 0 aliphatic heterocycles. The largest absolute Gasteiger partial charge is 0.480 e. The average Bonchev–Trinajstić information content (AvgIpc) is 3.03. The highest BCUT2D eigenvalue weighted by Crippen LogP contribution is 2.19. The summed E-state index contributed by atoms with van der Waals surface area (Å²) in [4.78, 5) is 28.6. The van der Waals surface area contributed by atoms with Crippen LogP contribution >= 0.6 is 11.6 Å². The molecule has 0 saturated carbocycles. The third-order valence-corrected chi connectivity index (χ3v) is 3.78. The van der Waals surface area contributed by atoms with Gasteiger partial charge in [-0.2, -0.15) is 4.98 Å². The van der Waals surface area contributed by atoms with Crippen LogP contribution in [-0.4, -0.2) is 45.1 Å². The summed E-state index contributed by atoms with van der Waals surface area (Å²) in [6.07, 6.45) is 1.93. The normalized spacial score (nSPS) is 10.6. The predicted octanol–water partition coefficient (Wildman–Crippen LogP) is 3.04. The fourth-order valence-electron chi connectivity index (χ4n) is 2.35. The molecule has 0 atom stereocenters. The first kappa shape index (κ1) is 18.9. The molecule has 0 fully saturated rings. The summed E-state index contributed by atoms with van der Waals surface area (Å²) in [5.74, 6) is -0.275. The van der Waals surface area contributed by atoms with E-state index in [1.165, 1.54) is 4.90 Å². The van der Waals surface area contributed by atoms with Gasteiger partial charge in [-0.05, 0) is 37.1 Å².